The summed E-state index contributed by atoms with van der Waals surface area (Å²) in [5.41, 5.74) is 1.22. The van der Waals surface area contributed by atoms with Gasteiger partial charge in [0.25, 0.3) is 0 Å². The van der Waals surface area contributed by atoms with Crippen LogP contribution in [0.5, 0.6) is 5.75 Å². The summed E-state index contributed by atoms with van der Waals surface area (Å²) in [6.45, 7) is 2.44. The van der Waals surface area contributed by atoms with Crippen molar-refractivity contribution in [1.29, 1.82) is 0 Å². The highest BCUT2D eigenvalue weighted by atomic mass is 16.5. The van der Waals surface area contributed by atoms with Crippen molar-refractivity contribution in [3.8, 4) is 5.75 Å². The Morgan fingerprint density at radius 2 is 2.26 bits per heavy atom. The summed E-state index contributed by atoms with van der Waals surface area (Å²) in [4.78, 5) is 16.5. The minimum absolute atomic E-state index is 0.0231. The zero-order valence-electron chi connectivity index (χ0n) is 14.2. The van der Waals surface area contributed by atoms with Gasteiger partial charge >= 0.3 is 0 Å². The lowest BCUT2D eigenvalue weighted by atomic mass is 9.89. The predicted octanol–water partition coefficient (Wildman–Crippen LogP) is 1.76. The van der Waals surface area contributed by atoms with Crippen molar-refractivity contribution >= 4 is 5.91 Å². The monoisotopic (exact) mass is 318 g/mol. The molecule has 5 nitrogen and oxygen atoms in total. The van der Waals surface area contributed by atoms with Gasteiger partial charge in [0.2, 0.25) is 5.91 Å². The summed E-state index contributed by atoms with van der Waals surface area (Å²) >= 11 is 0. The molecule has 23 heavy (non-hydrogen) atoms. The van der Waals surface area contributed by atoms with Gasteiger partial charge in [0.15, 0.2) is 0 Å². The van der Waals surface area contributed by atoms with Crippen LogP contribution >= 0.6 is 0 Å². The van der Waals surface area contributed by atoms with Crippen molar-refractivity contribution < 1.29 is 14.3 Å². The van der Waals surface area contributed by atoms with Crippen LogP contribution in [0.2, 0.25) is 0 Å². The van der Waals surface area contributed by atoms with Crippen molar-refractivity contribution in [2.45, 2.75) is 31.5 Å². The molecule has 5 heteroatoms. The summed E-state index contributed by atoms with van der Waals surface area (Å²) in [6, 6.07) is 8.59. The Kier molecular flexibility index (Phi) is 4.87. The van der Waals surface area contributed by atoms with Gasteiger partial charge in [-0.1, -0.05) is 12.1 Å². The zero-order chi connectivity index (χ0) is 16.4. The van der Waals surface area contributed by atoms with Gasteiger partial charge in [-0.2, -0.15) is 0 Å². The number of hydrogen-bond donors (Lipinski definition) is 0. The first-order valence-electron chi connectivity index (χ1n) is 8.28. The number of rotatable bonds is 4. The van der Waals surface area contributed by atoms with Gasteiger partial charge in [0, 0.05) is 39.8 Å². The second kappa shape index (κ2) is 6.89. The third-order valence-electron chi connectivity index (χ3n) is 4.93. The molecule has 0 spiro atoms. The molecule has 2 saturated heterocycles. The van der Waals surface area contributed by atoms with Gasteiger partial charge in [0.1, 0.15) is 5.75 Å². The van der Waals surface area contributed by atoms with Crippen molar-refractivity contribution in [3.05, 3.63) is 29.8 Å². The third kappa shape index (κ3) is 3.51. The number of ether oxygens (including phenoxy) is 2. The first-order chi connectivity index (χ1) is 11.1. The van der Waals surface area contributed by atoms with E-state index >= 15 is 0 Å². The summed E-state index contributed by atoms with van der Waals surface area (Å²) < 4.78 is 11.2. The Morgan fingerprint density at radius 1 is 1.43 bits per heavy atom. The Morgan fingerprint density at radius 3 is 3.00 bits per heavy atom. The maximum Gasteiger partial charge on any atom is 0.226 e. The van der Waals surface area contributed by atoms with Crippen LogP contribution in [-0.4, -0.2) is 62.2 Å². The van der Waals surface area contributed by atoms with E-state index in [1.165, 1.54) is 5.56 Å². The molecule has 1 amide bonds. The average Bonchev–Trinajstić information content (AvgIpc) is 3.03. The first-order valence-corrected chi connectivity index (χ1v) is 8.28. The third-order valence-corrected chi connectivity index (χ3v) is 4.93. The Labute approximate surface area is 138 Å². The van der Waals surface area contributed by atoms with Crippen LogP contribution in [0.1, 0.15) is 18.4 Å². The lowest BCUT2D eigenvalue weighted by Crippen LogP contribution is -2.52. The van der Waals surface area contributed by atoms with Crippen LogP contribution in [-0.2, 0) is 16.1 Å². The van der Waals surface area contributed by atoms with Gasteiger partial charge in [-0.3, -0.25) is 9.69 Å². The molecule has 3 atom stereocenters. The number of nitrogens with zero attached hydrogens (tertiary/aromatic N) is 2. The SMILES string of the molecule is COc1cccc(CN2C[C@@H](C(=O)N(C)C)C[C@H]3OCC[C@H]32)c1. The van der Waals surface area contributed by atoms with E-state index in [2.05, 4.69) is 17.0 Å². The van der Waals surface area contributed by atoms with Crippen molar-refractivity contribution in [3.63, 3.8) is 0 Å². The summed E-state index contributed by atoms with van der Waals surface area (Å²) in [6.07, 6.45) is 2.08. The van der Waals surface area contributed by atoms with Crippen LogP contribution in [0.15, 0.2) is 24.3 Å². The second-order valence-electron chi connectivity index (χ2n) is 6.71. The van der Waals surface area contributed by atoms with Crippen LogP contribution in [0, 0.1) is 5.92 Å². The predicted molar refractivity (Wildman–Crippen MR) is 88.4 cm³/mol. The van der Waals surface area contributed by atoms with Crippen LogP contribution in [0.3, 0.4) is 0 Å². The van der Waals surface area contributed by atoms with Gasteiger partial charge < -0.3 is 14.4 Å². The standard InChI is InChI=1S/C18H26N2O3/c1-19(2)18(21)14-10-17-16(7-8-23-17)20(12-14)11-13-5-4-6-15(9-13)22-3/h4-6,9,14,16-17H,7-8,10-12H2,1-3H3/t14-,16+,17+/m0/s1. The van der Waals surface area contributed by atoms with Gasteiger partial charge in [0.05, 0.1) is 19.1 Å². The van der Waals surface area contributed by atoms with Crippen molar-refractivity contribution in [2.24, 2.45) is 5.92 Å². The lowest BCUT2D eigenvalue weighted by Gasteiger charge is -2.41. The Balaban J connectivity index is 1.76. The normalized spacial score (nSPS) is 27.5. The smallest absolute Gasteiger partial charge is 0.226 e. The van der Waals surface area contributed by atoms with E-state index in [9.17, 15) is 4.79 Å². The highest BCUT2D eigenvalue weighted by molar-refractivity contribution is 5.78. The minimum Gasteiger partial charge on any atom is -0.497 e. The van der Waals surface area contributed by atoms with E-state index in [0.29, 0.717) is 6.04 Å². The Bertz CT molecular complexity index is 561. The minimum atomic E-state index is 0.0231. The number of hydrogen-bond acceptors (Lipinski definition) is 4. The molecular formula is C18H26N2O3. The molecule has 2 fully saturated rings. The zero-order valence-corrected chi connectivity index (χ0v) is 14.2. The highest BCUT2D eigenvalue weighted by Gasteiger charge is 2.42. The molecule has 2 aliphatic rings. The maximum absolute atomic E-state index is 12.4. The number of carbonyl (C=O) groups excluding carboxylic acids is 1. The van der Waals surface area contributed by atoms with E-state index in [1.54, 1.807) is 12.0 Å². The van der Waals surface area contributed by atoms with Gasteiger partial charge in [-0.15, -0.1) is 0 Å². The fourth-order valence-electron chi connectivity index (χ4n) is 3.78. The molecule has 2 heterocycles. The molecule has 0 radical (unpaired) electrons. The molecule has 1 aromatic carbocycles. The second-order valence-corrected chi connectivity index (χ2v) is 6.71. The highest BCUT2D eigenvalue weighted by Crippen LogP contribution is 2.33. The summed E-state index contributed by atoms with van der Waals surface area (Å²) in [5.74, 6) is 1.10. The number of amides is 1. The number of fused-ring (bicyclic) bond motifs is 1. The molecule has 0 bridgehead atoms. The number of carbonyl (C=O) groups is 1. The molecule has 126 valence electrons. The summed E-state index contributed by atoms with van der Waals surface area (Å²) in [5, 5.41) is 0. The first kappa shape index (κ1) is 16.3. The van der Waals surface area contributed by atoms with Crippen molar-refractivity contribution in [2.75, 3.05) is 34.4 Å². The topological polar surface area (TPSA) is 42.0 Å². The van der Waals surface area contributed by atoms with E-state index in [4.69, 9.17) is 9.47 Å². The largest absolute Gasteiger partial charge is 0.497 e. The molecule has 0 aromatic heterocycles. The fourth-order valence-corrected chi connectivity index (χ4v) is 3.78. The summed E-state index contributed by atoms with van der Waals surface area (Å²) in [7, 11) is 5.35. The lowest BCUT2D eigenvalue weighted by molar-refractivity contribution is -0.137. The molecule has 0 aliphatic carbocycles. The molecule has 0 unspecified atom stereocenters. The van der Waals surface area contributed by atoms with E-state index in [-0.39, 0.29) is 17.9 Å². The molecule has 0 N–H and O–H groups in total. The van der Waals surface area contributed by atoms with Crippen molar-refractivity contribution in [1.82, 2.24) is 9.80 Å². The number of methoxy groups -OCH3 is 1. The average molecular weight is 318 g/mol. The number of likely N-dealkylation sites (tertiary alicyclic amines) is 1. The molecular weight excluding hydrogens is 292 g/mol. The van der Waals surface area contributed by atoms with E-state index in [1.807, 2.05) is 26.2 Å². The van der Waals surface area contributed by atoms with Gasteiger partial charge in [-0.25, -0.2) is 0 Å². The van der Waals surface area contributed by atoms with E-state index in [0.717, 1.165) is 38.3 Å². The Hall–Kier alpha value is -1.59. The van der Waals surface area contributed by atoms with Crippen LogP contribution in [0.4, 0.5) is 0 Å². The molecule has 3 rings (SSSR count). The number of piperidine rings is 1. The quantitative estimate of drug-likeness (QED) is 0.848. The van der Waals surface area contributed by atoms with Gasteiger partial charge in [-0.05, 0) is 30.5 Å². The maximum atomic E-state index is 12.4. The number of benzene rings is 1. The van der Waals surface area contributed by atoms with E-state index < -0.39 is 0 Å². The fraction of sp³-hybridized carbons (Fsp3) is 0.611. The van der Waals surface area contributed by atoms with Crippen LogP contribution < -0.4 is 4.74 Å². The van der Waals surface area contributed by atoms with Crippen LogP contribution in [0.25, 0.3) is 0 Å². The molecule has 0 saturated carbocycles. The molecule has 1 aromatic rings. The molecule has 2 aliphatic heterocycles.